The van der Waals surface area contributed by atoms with Crippen molar-refractivity contribution in [1.82, 2.24) is 15.3 Å². The zero-order valence-electron chi connectivity index (χ0n) is 10.5. The summed E-state index contributed by atoms with van der Waals surface area (Å²) in [7, 11) is 0. The molecule has 0 saturated carbocycles. The number of aromatic nitrogens is 2. The van der Waals surface area contributed by atoms with Crippen LogP contribution in [0.2, 0.25) is 0 Å². The topological polar surface area (TPSA) is 60.9 Å². The van der Waals surface area contributed by atoms with E-state index in [1.54, 1.807) is 17.5 Å². The van der Waals surface area contributed by atoms with Crippen molar-refractivity contribution in [2.75, 3.05) is 18.1 Å². The van der Waals surface area contributed by atoms with Gasteiger partial charge in [0.15, 0.2) is 0 Å². The molecule has 0 aliphatic carbocycles. The summed E-state index contributed by atoms with van der Waals surface area (Å²) in [6.07, 6.45) is 4.45. The molecular weight excluding hydrogens is 278 g/mol. The summed E-state index contributed by atoms with van der Waals surface area (Å²) in [5.74, 6) is 2.76. The van der Waals surface area contributed by atoms with Crippen molar-refractivity contribution < 1.29 is 5.11 Å². The van der Waals surface area contributed by atoms with Gasteiger partial charge in [-0.2, -0.15) is 11.8 Å². The van der Waals surface area contributed by atoms with E-state index in [0.29, 0.717) is 6.54 Å². The predicted octanol–water partition coefficient (Wildman–Crippen LogP) is 2.02. The van der Waals surface area contributed by atoms with Crippen LogP contribution in [-0.4, -0.2) is 38.7 Å². The summed E-state index contributed by atoms with van der Waals surface area (Å²) in [5, 5.41) is 15.9. The van der Waals surface area contributed by atoms with Crippen LogP contribution in [0.25, 0.3) is 0 Å². The van der Waals surface area contributed by atoms with E-state index >= 15 is 0 Å². The molecule has 4 nitrogen and oxygen atoms in total. The molecule has 2 aromatic rings. The number of aliphatic hydroxyl groups is 1. The molecule has 1 saturated heterocycles. The van der Waals surface area contributed by atoms with Crippen LogP contribution < -0.4 is 5.32 Å². The van der Waals surface area contributed by atoms with Gasteiger partial charge in [0.25, 0.3) is 0 Å². The molecule has 3 N–H and O–H groups in total. The number of aromatic amines is 1. The van der Waals surface area contributed by atoms with Crippen molar-refractivity contribution in [2.45, 2.75) is 18.1 Å². The molecule has 3 rings (SSSR count). The Kier molecular flexibility index (Phi) is 3.93. The lowest BCUT2D eigenvalue weighted by molar-refractivity contribution is 0.0657. The highest BCUT2D eigenvalue weighted by molar-refractivity contribution is 7.99. The van der Waals surface area contributed by atoms with E-state index in [4.69, 9.17) is 0 Å². The SMILES string of the molecule is O[C@]1(CN[C@@H](c2ncc[nH]2)c2cccs2)CCSC1. The molecule has 0 unspecified atom stereocenters. The second kappa shape index (κ2) is 5.66. The first kappa shape index (κ1) is 13.2. The van der Waals surface area contributed by atoms with E-state index in [0.717, 1.165) is 23.8 Å². The number of nitrogens with zero attached hydrogens (tertiary/aromatic N) is 1. The Balaban J connectivity index is 1.73. The van der Waals surface area contributed by atoms with E-state index in [9.17, 15) is 5.11 Å². The highest BCUT2D eigenvalue weighted by atomic mass is 32.2. The predicted molar refractivity (Wildman–Crippen MR) is 79.6 cm³/mol. The normalized spacial score (nSPS) is 24.7. The van der Waals surface area contributed by atoms with Crippen molar-refractivity contribution in [1.29, 1.82) is 0 Å². The lowest BCUT2D eigenvalue weighted by atomic mass is 10.0. The Bertz CT molecular complexity index is 458. The molecule has 2 atom stereocenters. The van der Waals surface area contributed by atoms with Gasteiger partial charge in [0.05, 0.1) is 5.60 Å². The quantitative estimate of drug-likeness (QED) is 0.790. The van der Waals surface area contributed by atoms with E-state index in [1.807, 2.05) is 24.0 Å². The largest absolute Gasteiger partial charge is 0.388 e. The summed E-state index contributed by atoms with van der Waals surface area (Å²) in [5.41, 5.74) is -0.577. The van der Waals surface area contributed by atoms with Gasteiger partial charge in [0.1, 0.15) is 11.9 Å². The zero-order chi connectivity index (χ0) is 13.1. The van der Waals surface area contributed by atoms with Crippen LogP contribution in [0.1, 0.15) is 23.2 Å². The molecular formula is C13H17N3OS2. The minimum Gasteiger partial charge on any atom is -0.388 e. The van der Waals surface area contributed by atoms with Gasteiger partial charge in [-0.1, -0.05) is 6.07 Å². The molecule has 0 bridgehead atoms. The highest BCUT2D eigenvalue weighted by Gasteiger charge is 2.32. The van der Waals surface area contributed by atoms with Crippen LogP contribution in [0.15, 0.2) is 29.9 Å². The Morgan fingerprint density at radius 2 is 2.53 bits per heavy atom. The van der Waals surface area contributed by atoms with Crippen molar-refractivity contribution in [2.24, 2.45) is 0 Å². The van der Waals surface area contributed by atoms with Crippen LogP contribution in [0.3, 0.4) is 0 Å². The molecule has 0 radical (unpaired) electrons. The summed E-state index contributed by atoms with van der Waals surface area (Å²) in [6.45, 7) is 0.600. The molecule has 1 fully saturated rings. The number of H-pyrrole nitrogens is 1. The average Bonchev–Trinajstić information content (AvgIpc) is 3.11. The molecule has 0 aromatic carbocycles. The number of thioether (sulfide) groups is 1. The molecule has 1 aliphatic heterocycles. The number of nitrogens with one attached hydrogen (secondary N) is 2. The molecule has 2 aromatic heterocycles. The van der Waals surface area contributed by atoms with Gasteiger partial charge >= 0.3 is 0 Å². The fourth-order valence-corrected chi connectivity index (χ4v) is 4.35. The highest BCUT2D eigenvalue weighted by Crippen LogP contribution is 2.29. The third kappa shape index (κ3) is 3.02. The van der Waals surface area contributed by atoms with Crippen LogP contribution in [0.4, 0.5) is 0 Å². The van der Waals surface area contributed by atoms with Gasteiger partial charge in [-0.3, -0.25) is 0 Å². The zero-order valence-corrected chi connectivity index (χ0v) is 12.1. The molecule has 3 heterocycles. The number of thiophene rings is 1. The maximum atomic E-state index is 10.4. The van der Waals surface area contributed by atoms with Gasteiger partial charge in [-0.25, -0.2) is 4.98 Å². The van der Waals surface area contributed by atoms with Gasteiger partial charge in [-0.15, -0.1) is 11.3 Å². The first-order valence-electron chi connectivity index (χ1n) is 6.33. The van der Waals surface area contributed by atoms with Crippen molar-refractivity contribution in [3.8, 4) is 0 Å². The standard InChI is InChI=1S/C13H17N3OS2/c17-13(3-7-18-9-13)8-16-11(10-2-1-6-19-10)12-14-4-5-15-12/h1-2,4-6,11,16-17H,3,7-9H2,(H,14,15)/t11-,13+/m1/s1. The molecule has 0 amide bonds. The van der Waals surface area contributed by atoms with Gasteiger partial charge in [0.2, 0.25) is 0 Å². The van der Waals surface area contributed by atoms with Crippen LogP contribution >= 0.6 is 23.1 Å². The van der Waals surface area contributed by atoms with Gasteiger partial charge in [-0.05, 0) is 23.6 Å². The Morgan fingerprint density at radius 3 is 3.16 bits per heavy atom. The van der Waals surface area contributed by atoms with Crippen LogP contribution in [-0.2, 0) is 0 Å². The summed E-state index contributed by atoms with van der Waals surface area (Å²) in [4.78, 5) is 8.71. The van der Waals surface area contributed by atoms with Crippen molar-refractivity contribution >= 4 is 23.1 Å². The van der Waals surface area contributed by atoms with E-state index < -0.39 is 5.60 Å². The fraction of sp³-hybridized carbons (Fsp3) is 0.462. The Morgan fingerprint density at radius 1 is 1.58 bits per heavy atom. The fourth-order valence-electron chi connectivity index (χ4n) is 2.25. The maximum absolute atomic E-state index is 10.4. The molecule has 102 valence electrons. The number of rotatable bonds is 5. The molecule has 19 heavy (non-hydrogen) atoms. The monoisotopic (exact) mass is 295 g/mol. The Labute approximate surface area is 120 Å². The minimum atomic E-state index is -0.577. The second-order valence-electron chi connectivity index (χ2n) is 4.83. The van der Waals surface area contributed by atoms with Gasteiger partial charge in [0, 0.05) is 29.6 Å². The molecule has 6 heteroatoms. The summed E-state index contributed by atoms with van der Waals surface area (Å²) >= 11 is 3.52. The molecule has 0 spiro atoms. The smallest absolute Gasteiger partial charge is 0.128 e. The first-order valence-corrected chi connectivity index (χ1v) is 8.36. The lowest BCUT2D eigenvalue weighted by Gasteiger charge is -2.25. The number of hydrogen-bond acceptors (Lipinski definition) is 5. The first-order chi connectivity index (χ1) is 9.27. The molecule has 1 aliphatic rings. The summed E-state index contributed by atoms with van der Waals surface area (Å²) in [6, 6.07) is 4.17. The second-order valence-corrected chi connectivity index (χ2v) is 6.92. The van der Waals surface area contributed by atoms with Gasteiger partial charge < -0.3 is 15.4 Å². The minimum absolute atomic E-state index is 0.0321. The third-order valence-corrected chi connectivity index (χ3v) is 5.51. The van der Waals surface area contributed by atoms with Crippen LogP contribution in [0.5, 0.6) is 0 Å². The number of imidazole rings is 1. The van der Waals surface area contributed by atoms with E-state index in [2.05, 4.69) is 26.7 Å². The maximum Gasteiger partial charge on any atom is 0.128 e. The summed E-state index contributed by atoms with van der Waals surface area (Å²) < 4.78 is 0. The third-order valence-electron chi connectivity index (χ3n) is 3.34. The lowest BCUT2D eigenvalue weighted by Crippen LogP contribution is -2.42. The average molecular weight is 295 g/mol. The number of hydrogen-bond donors (Lipinski definition) is 3. The van der Waals surface area contributed by atoms with Crippen molar-refractivity contribution in [3.63, 3.8) is 0 Å². The van der Waals surface area contributed by atoms with Crippen LogP contribution in [0, 0.1) is 0 Å². The van der Waals surface area contributed by atoms with E-state index in [-0.39, 0.29) is 6.04 Å². The Hall–Kier alpha value is -0.820. The van der Waals surface area contributed by atoms with E-state index in [1.165, 1.54) is 4.88 Å². The van der Waals surface area contributed by atoms with Crippen molar-refractivity contribution in [3.05, 3.63) is 40.6 Å².